The number of hydrogen-bond donors (Lipinski definition) is 0. The van der Waals surface area contributed by atoms with Gasteiger partial charge in [-0.15, -0.1) is 0 Å². The molecule has 4 heavy (non-hydrogen) atoms. The summed E-state index contributed by atoms with van der Waals surface area (Å²) in [6, 6.07) is 0. The molecule has 0 bridgehead atoms. The van der Waals surface area contributed by atoms with E-state index in [1.807, 2.05) is 0 Å². The first-order valence-electron chi connectivity index (χ1n) is 0. The van der Waals surface area contributed by atoms with Crippen LogP contribution in [0.4, 0.5) is 0 Å². The number of hydrogen-bond acceptors (Lipinski definition) is 0. The van der Waals surface area contributed by atoms with Gasteiger partial charge in [-0.05, 0) is 0 Å². The molecular formula is K2KrO. The van der Waals surface area contributed by atoms with Gasteiger partial charge in [0.25, 0.3) is 0 Å². The molecule has 0 aliphatic rings. The summed E-state index contributed by atoms with van der Waals surface area (Å²) in [6.07, 6.45) is 0. The largest absolute Gasteiger partial charge is 2.00 e. The zero-order valence-corrected chi connectivity index (χ0v) is 10.5. The van der Waals surface area contributed by atoms with Crippen molar-refractivity contribution in [3.8, 4) is 0 Å². The minimum absolute atomic E-state index is 0. The van der Waals surface area contributed by atoms with Gasteiger partial charge in [0.1, 0.15) is 0 Å². The Labute approximate surface area is 148 Å². The van der Waals surface area contributed by atoms with E-state index >= 15 is 0 Å². The quantitative estimate of drug-likeness (QED) is 0.330. The van der Waals surface area contributed by atoms with Gasteiger partial charge in [0.15, 0.2) is 0 Å². The predicted octanol–water partition coefficient (Wildman–Crippen LogP) is -6.11. The van der Waals surface area contributed by atoms with Gasteiger partial charge in [-0.2, -0.15) is 0 Å². The van der Waals surface area contributed by atoms with Crippen molar-refractivity contribution in [3.05, 3.63) is 0 Å². The van der Waals surface area contributed by atoms with Gasteiger partial charge in [-0.25, -0.2) is 0 Å². The molecule has 0 heterocycles. The molecule has 0 fully saturated rings. The van der Waals surface area contributed by atoms with E-state index < -0.39 is 0 Å². The third-order valence-corrected chi connectivity index (χ3v) is 0. The van der Waals surface area contributed by atoms with E-state index in [9.17, 15) is 0 Å². The van der Waals surface area contributed by atoms with Crippen LogP contribution in [0.3, 0.4) is 0 Å². The minimum Gasteiger partial charge on any atom is -2.00 e. The van der Waals surface area contributed by atoms with E-state index in [1.165, 1.54) is 0 Å². The van der Waals surface area contributed by atoms with Crippen LogP contribution in [-0.4, -0.2) is 0 Å². The van der Waals surface area contributed by atoms with Crippen LogP contribution in [0.15, 0.2) is 0 Å². The molecule has 0 aliphatic heterocycles. The molecule has 0 N–H and O–H groups in total. The number of rotatable bonds is 0. The second-order valence-electron chi connectivity index (χ2n) is 0. The van der Waals surface area contributed by atoms with Crippen molar-refractivity contribution in [2.24, 2.45) is 0 Å². The molecule has 0 aromatic rings. The van der Waals surface area contributed by atoms with Crippen molar-refractivity contribution in [2.45, 2.75) is 0 Å². The fraction of sp³-hybridized carbons (Fsp3) is 0. The Morgan fingerprint density at radius 2 is 0.750 bits per heavy atom. The van der Waals surface area contributed by atoms with Crippen LogP contribution in [0.2, 0.25) is 0 Å². The van der Waals surface area contributed by atoms with E-state index in [0.717, 1.165) is 0 Å². The van der Waals surface area contributed by atoms with Crippen molar-refractivity contribution >= 4 is 0 Å². The molecule has 0 rings (SSSR count). The van der Waals surface area contributed by atoms with Gasteiger partial charge in [-0.1, -0.05) is 0 Å². The molecule has 0 unspecified atom stereocenters. The molecule has 0 aromatic carbocycles. The Morgan fingerprint density at radius 3 is 0.750 bits per heavy atom. The van der Waals surface area contributed by atoms with Gasteiger partial charge in [0.2, 0.25) is 0 Å². The van der Waals surface area contributed by atoms with Gasteiger partial charge in [0.05, 0.1) is 0 Å². The molecule has 0 aliphatic carbocycles. The van der Waals surface area contributed by atoms with Crippen molar-refractivity contribution in [3.63, 3.8) is 0 Å². The first-order chi connectivity index (χ1) is 0. The van der Waals surface area contributed by atoms with Crippen molar-refractivity contribution < 1.29 is 154 Å². The van der Waals surface area contributed by atoms with Gasteiger partial charge in [-0.3, -0.25) is 0 Å². The smallest absolute Gasteiger partial charge is 1.00 e. The first-order valence-corrected chi connectivity index (χ1v) is 0. The van der Waals surface area contributed by atoms with Crippen LogP contribution in [-0.2, 0) is 5.48 Å². The Morgan fingerprint density at radius 1 is 0.750 bits per heavy atom. The maximum atomic E-state index is 0. The zero-order chi connectivity index (χ0) is 0. The molecule has 0 aromatic heterocycles. The summed E-state index contributed by atoms with van der Waals surface area (Å²) in [5.74, 6) is 0. The van der Waals surface area contributed by atoms with Crippen molar-refractivity contribution in [2.75, 3.05) is 0 Å². The van der Waals surface area contributed by atoms with E-state index in [4.69, 9.17) is 0 Å². The Kier molecular flexibility index (Phi) is 91.3. The molecule has 16 valence electrons. The summed E-state index contributed by atoms with van der Waals surface area (Å²) < 4.78 is 0. The summed E-state index contributed by atoms with van der Waals surface area (Å²) in [4.78, 5) is 0. The molecule has 0 amide bonds. The molecule has 0 atom stereocenters. The SMILES string of the molecule is [K+].[K+].[Kr].[O-2]. The van der Waals surface area contributed by atoms with E-state index in [-0.39, 0.29) is 154 Å². The summed E-state index contributed by atoms with van der Waals surface area (Å²) >= 11 is 0. The van der Waals surface area contributed by atoms with Crippen LogP contribution in [0.5, 0.6) is 0 Å². The molecule has 0 spiro atoms. The van der Waals surface area contributed by atoms with E-state index in [2.05, 4.69) is 0 Å². The maximum absolute atomic E-state index is 0. The summed E-state index contributed by atoms with van der Waals surface area (Å²) in [7, 11) is 0. The second kappa shape index (κ2) is 15.6. The molecule has 0 saturated heterocycles. The Bertz CT molecular complexity index is 6.00. The van der Waals surface area contributed by atoms with Crippen LogP contribution in [0.25, 0.3) is 0 Å². The predicted molar refractivity (Wildman–Crippen MR) is 0.686 cm³/mol. The fourth-order valence-electron chi connectivity index (χ4n) is 0. The van der Waals surface area contributed by atoms with Gasteiger partial charge >= 0.3 is 103 Å². The summed E-state index contributed by atoms with van der Waals surface area (Å²) in [5.41, 5.74) is 0. The fourth-order valence-corrected chi connectivity index (χ4v) is 0. The average molecular weight is 178 g/mol. The van der Waals surface area contributed by atoms with Gasteiger partial charge in [0, 0.05) is 45.5 Å². The van der Waals surface area contributed by atoms with E-state index in [0.29, 0.717) is 0 Å². The zero-order valence-electron chi connectivity index (χ0n) is 2.76. The Hall–Kier alpha value is 4.71. The monoisotopic (exact) mass is 178 g/mol. The normalized spacial score (nSPS) is 0. The third kappa shape index (κ3) is 9.86. The van der Waals surface area contributed by atoms with Crippen LogP contribution < -0.4 is 103 Å². The van der Waals surface area contributed by atoms with Crippen LogP contribution in [0.1, 0.15) is 0 Å². The van der Waals surface area contributed by atoms with Crippen LogP contribution >= 0.6 is 0 Å². The van der Waals surface area contributed by atoms with Crippen molar-refractivity contribution in [1.29, 1.82) is 0 Å². The molecule has 0 radical (unpaired) electrons. The maximum Gasteiger partial charge on any atom is 1.00 e. The average Bonchev–Trinajstić information content (AvgIpc) is 0. The summed E-state index contributed by atoms with van der Waals surface area (Å²) in [6.45, 7) is 0. The molecule has 4 heteroatoms. The third-order valence-electron chi connectivity index (χ3n) is 0. The van der Waals surface area contributed by atoms with Crippen LogP contribution in [0, 0.1) is 45.5 Å². The topological polar surface area (TPSA) is 28.5 Å². The molecule has 1 nitrogen and oxygen atoms in total. The second-order valence-corrected chi connectivity index (χ2v) is 0. The first kappa shape index (κ1) is 23.3. The molecule has 0 saturated carbocycles. The van der Waals surface area contributed by atoms with Gasteiger partial charge < -0.3 is 5.48 Å². The minimum atomic E-state index is 0. The van der Waals surface area contributed by atoms with E-state index in [1.54, 1.807) is 0 Å². The molecular weight excluding hydrogens is 178 g/mol. The van der Waals surface area contributed by atoms with Crippen molar-refractivity contribution in [1.82, 2.24) is 0 Å². The standard InChI is InChI=1S/2K.Kr.O/q2*+1;;-2. The summed E-state index contributed by atoms with van der Waals surface area (Å²) in [5, 5.41) is 0. The Balaban J connectivity index is 0.